The first-order valence-electron chi connectivity index (χ1n) is 9.17. The highest BCUT2D eigenvalue weighted by molar-refractivity contribution is 7.99. The van der Waals surface area contributed by atoms with Gasteiger partial charge in [-0.05, 0) is 44.1 Å². The second kappa shape index (κ2) is 7.50. The van der Waals surface area contributed by atoms with Crippen molar-refractivity contribution in [2.45, 2.75) is 69.0 Å². The molecule has 0 aromatic carbocycles. The molecule has 0 aliphatic heterocycles. The van der Waals surface area contributed by atoms with Crippen molar-refractivity contribution in [1.82, 2.24) is 15.3 Å². The monoisotopic (exact) mass is 377 g/mol. The van der Waals surface area contributed by atoms with E-state index >= 15 is 0 Å². The number of aryl methyl sites for hydroxylation is 2. The van der Waals surface area contributed by atoms with Crippen LogP contribution in [0.25, 0.3) is 10.2 Å². The van der Waals surface area contributed by atoms with Crippen LogP contribution in [0.2, 0.25) is 0 Å². The molecule has 0 saturated heterocycles. The summed E-state index contributed by atoms with van der Waals surface area (Å²) in [7, 11) is 0. The lowest BCUT2D eigenvalue weighted by Gasteiger charge is -2.22. The average molecular weight is 378 g/mol. The highest BCUT2D eigenvalue weighted by atomic mass is 32.2. The summed E-state index contributed by atoms with van der Waals surface area (Å²) in [4.78, 5) is 34.2. The Balaban J connectivity index is 1.45. The van der Waals surface area contributed by atoms with Crippen LogP contribution in [-0.2, 0) is 17.6 Å². The lowest BCUT2D eigenvalue weighted by Crippen LogP contribution is -2.37. The van der Waals surface area contributed by atoms with Gasteiger partial charge in [-0.25, -0.2) is 4.98 Å². The SMILES string of the molecule is O=C(CSc1nc2sc3c(c2c(=O)[nH]1)CCCC3)NC1CCCCC1. The van der Waals surface area contributed by atoms with Gasteiger partial charge in [0.05, 0.1) is 11.1 Å². The molecule has 1 amide bonds. The molecule has 2 aliphatic carbocycles. The van der Waals surface area contributed by atoms with E-state index in [9.17, 15) is 9.59 Å². The normalized spacial score (nSPS) is 18.2. The molecule has 2 aromatic rings. The van der Waals surface area contributed by atoms with E-state index in [4.69, 9.17) is 0 Å². The number of aromatic nitrogens is 2. The van der Waals surface area contributed by atoms with Crippen molar-refractivity contribution in [2.75, 3.05) is 5.75 Å². The molecule has 25 heavy (non-hydrogen) atoms. The predicted molar refractivity (Wildman–Crippen MR) is 103 cm³/mol. The quantitative estimate of drug-likeness (QED) is 0.632. The van der Waals surface area contributed by atoms with Gasteiger partial charge in [-0.1, -0.05) is 31.0 Å². The minimum absolute atomic E-state index is 0.0325. The Morgan fingerprint density at radius 2 is 2.00 bits per heavy atom. The zero-order valence-electron chi connectivity index (χ0n) is 14.2. The van der Waals surface area contributed by atoms with Crippen LogP contribution in [0.15, 0.2) is 9.95 Å². The van der Waals surface area contributed by atoms with E-state index in [0.29, 0.717) is 17.0 Å². The van der Waals surface area contributed by atoms with Crippen LogP contribution in [0.4, 0.5) is 0 Å². The number of carbonyl (C=O) groups excluding carboxylic acids is 1. The number of carbonyl (C=O) groups is 1. The van der Waals surface area contributed by atoms with Crippen LogP contribution in [-0.4, -0.2) is 27.7 Å². The summed E-state index contributed by atoms with van der Waals surface area (Å²) in [6.45, 7) is 0. The standard InChI is InChI=1S/C18H23N3O2S2/c22-14(19-11-6-2-1-3-7-11)10-24-18-20-16(23)15-12-8-4-5-9-13(12)25-17(15)21-18/h11H,1-10H2,(H,19,22)(H,20,21,23). The summed E-state index contributed by atoms with van der Waals surface area (Å²) in [6.07, 6.45) is 10.2. The third kappa shape index (κ3) is 3.77. The summed E-state index contributed by atoms with van der Waals surface area (Å²) in [5.41, 5.74) is 1.14. The molecule has 0 spiro atoms. The Hall–Kier alpha value is -1.34. The largest absolute Gasteiger partial charge is 0.353 e. The Morgan fingerprint density at radius 1 is 1.20 bits per heavy atom. The second-order valence-electron chi connectivity index (χ2n) is 6.95. The van der Waals surface area contributed by atoms with Crippen molar-refractivity contribution >= 4 is 39.2 Å². The van der Waals surface area contributed by atoms with E-state index in [-0.39, 0.29) is 11.5 Å². The Bertz CT molecular complexity index is 837. The summed E-state index contributed by atoms with van der Waals surface area (Å²) < 4.78 is 0. The topological polar surface area (TPSA) is 74.8 Å². The number of thiophene rings is 1. The van der Waals surface area contributed by atoms with E-state index in [2.05, 4.69) is 15.3 Å². The molecule has 2 aromatic heterocycles. The van der Waals surface area contributed by atoms with Crippen molar-refractivity contribution in [2.24, 2.45) is 0 Å². The third-order valence-electron chi connectivity index (χ3n) is 5.11. The Labute approximate surface area is 155 Å². The molecule has 0 unspecified atom stereocenters. The van der Waals surface area contributed by atoms with Crippen molar-refractivity contribution in [3.8, 4) is 0 Å². The third-order valence-corrected chi connectivity index (χ3v) is 7.17. The van der Waals surface area contributed by atoms with Gasteiger partial charge in [0.1, 0.15) is 4.83 Å². The number of aromatic amines is 1. The van der Waals surface area contributed by atoms with Gasteiger partial charge in [0, 0.05) is 10.9 Å². The van der Waals surface area contributed by atoms with Gasteiger partial charge in [0.2, 0.25) is 5.91 Å². The number of thioether (sulfide) groups is 1. The molecule has 134 valence electrons. The number of amides is 1. The molecule has 0 atom stereocenters. The molecular weight excluding hydrogens is 354 g/mol. The number of rotatable bonds is 4. The van der Waals surface area contributed by atoms with Crippen LogP contribution in [0.1, 0.15) is 55.4 Å². The highest BCUT2D eigenvalue weighted by Crippen LogP contribution is 2.34. The number of fused-ring (bicyclic) bond motifs is 3. The van der Waals surface area contributed by atoms with Gasteiger partial charge in [-0.2, -0.15) is 0 Å². The Morgan fingerprint density at radius 3 is 2.84 bits per heavy atom. The summed E-state index contributed by atoms with van der Waals surface area (Å²) >= 11 is 2.97. The van der Waals surface area contributed by atoms with Crippen LogP contribution < -0.4 is 10.9 Å². The van der Waals surface area contributed by atoms with Gasteiger partial charge in [0.25, 0.3) is 5.56 Å². The van der Waals surface area contributed by atoms with E-state index in [0.717, 1.165) is 42.3 Å². The molecule has 4 rings (SSSR count). The summed E-state index contributed by atoms with van der Waals surface area (Å²) in [5, 5.41) is 4.43. The first-order valence-corrected chi connectivity index (χ1v) is 11.0. The molecule has 2 N–H and O–H groups in total. The molecular formula is C18H23N3O2S2. The number of hydrogen-bond acceptors (Lipinski definition) is 5. The molecule has 0 radical (unpaired) electrons. The van der Waals surface area contributed by atoms with Gasteiger partial charge < -0.3 is 10.3 Å². The van der Waals surface area contributed by atoms with Gasteiger partial charge >= 0.3 is 0 Å². The van der Waals surface area contributed by atoms with E-state index in [1.54, 1.807) is 11.3 Å². The van der Waals surface area contributed by atoms with Gasteiger partial charge in [0.15, 0.2) is 5.16 Å². The van der Waals surface area contributed by atoms with Crippen molar-refractivity contribution < 1.29 is 4.79 Å². The van der Waals surface area contributed by atoms with Crippen molar-refractivity contribution in [3.63, 3.8) is 0 Å². The first kappa shape index (κ1) is 17.1. The molecule has 5 nitrogen and oxygen atoms in total. The fourth-order valence-corrected chi connectivity index (χ4v) is 5.85. The minimum Gasteiger partial charge on any atom is -0.353 e. The number of hydrogen-bond donors (Lipinski definition) is 2. The zero-order valence-corrected chi connectivity index (χ0v) is 15.9. The number of nitrogens with zero attached hydrogens (tertiary/aromatic N) is 1. The van der Waals surface area contributed by atoms with Crippen LogP contribution in [0.5, 0.6) is 0 Å². The molecule has 2 heterocycles. The predicted octanol–water partition coefficient (Wildman–Crippen LogP) is 3.40. The highest BCUT2D eigenvalue weighted by Gasteiger charge is 2.20. The molecule has 7 heteroatoms. The van der Waals surface area contributed by atoms with Crippen molar-refractivity contribution in [1.29, 1.82) is 0 Å². The average Bonchev–Trinajstić information content (AvgIpc) is 2.99. The minimum atomic E-state index is -0.0559. The van der Waals surface area contributed by atoms with Crippen LogP contribution >= 0.6 is 23.1 Å². The van der Waals surface area contributed by atoms with E-state index in [1.165, 1.54) is 47.9 Å². The fourth-order valence-electron chi connectivity index (χ4n) is 3.86. The molecule has 1 fully saturated rings. The number of H-pyrrole nitrogens is 1. The van der Waals surface area contributed by atoms with E-state index < -0.39 is 0 Å². The van der Waals surface area contributed by atoms with E-state index in [1.807, 2.05) is 0 Å². The Kier molecular flexibility index (Phi) is 5.12. The zero-order chi connectivity index (χ0) is 17.2. The van der Waals surface area contributed by atoms with Gasteiger partial charge in [-0.3, -0.25) is 9.59 Å². The second-order valence-corrected chi connectivity index (χ2v) is 9.00. The maximum atomic E-state index is 12.5. The summed E-state index contributed by atoms with van der Waals surface area (Å²) in [6, 6.07) is 0.320. The maximum absolute atomic E-state index is 12.5. The lowest BCUT2D eigenvalue weighted by molar-refractivity contribution is -0.119. The lowest BCUT2D eigenvalue weighted by atomic mass is 9.95. The van der Waals surface area contributed by atoms with Gasteiger partial charge in [-0.15, -0.1) is 11.3 Å². The molecule has 2 aliphatic rings. The van der Waals surface area contributed by atoms with Crippen LogP contribution in [0, 0.1) is 0 Å². The van der Waals surface area contributed by atoms with Crippen LogP contribution in [0.3, 0.4) is 0 Å². The fraction of sp³-hybridized carbons (Fsp3) is 0.611. The first-order chi connectivity index (χ1) is 12.2. The summed E-state index contributed by atoms with van der Waals surface area (Å²) in [5.74, 6) is 0.334. The maximum Gasteiger partial charge on any atom is 0.260 e. The smallest absolute Gasteiger partial charge is 0.260 e. The van der Waals surface area contributed by atoms with Crippen molar-refractivity contribution in [3.05, 3.63) is 20.8 Å². The number of nitrogens with one attached hydrogen (secondary N) is 2. The molecule has 1 saturated carbocycles. The molecule has 0 bridgehead atoms.